The second-order valence-electron chi connectivity index (χ2n) is 14.5. The Morgan fingerprint density at radius 2 is 1.77 bits per heavy atom. The van der Waals surface area contributed by atoms with E-state index in [-0.39, 0.29) is 46.0 Å². The molecule has 0 aromatic heterocycles. The molecule has 11 unspecified atom stereocenters. The predicted octanol–water partition coefficient (Wildman–Crippen LogP) is 2.06. The third kappa shape index (κ3) is 7.00. The lowest BCUT2D eigenvalue weighted by Crippen LogP contribution is -2.59. The van der Waals surface area contributed by atoms with Gasteiger partial charge in [0.25, 0.3) is 0 Å². The summed E-state index contributed by atoms with van der Waals surface area (Å²) in [6.45, 7) is 5.47. The van der Waals surface area contributed by atoms with Crippen LogP contribution in [0.4, 0.5) is 0 Å². The normalized spacial score (nSPS) is 41.3. The number of rotatable bonds is 10. The highest BCUT2D eigenvalue weighted by Gasteiger charge is 2.61. The summed E-state index contributed by atoms with van der Waals surface area (Å²) in [5.74, 6) is 1.48. The third-order valence-corrected chi connectivity index (χ3v) is 12.4. The van der Waals surface area contributed by atoms with E-state index in [1.54, 1.807) is 14.1 Å². The molecule has 4 aliphatic carbocycles. The maximum absolute atomic E-state index is 12.5. The van der Waals surface area contributed by atoms with Gasteiger partial charge in [0.2, 0.25) is 5.91 Å². The van der Waals surface area contributed by atoms with Crippen LogP contribution in [0.2, 0.25) is 0 Å². The Kier molecular flexibility index (Phi) is 9.46. The first-order valence-corrected chi connectivity index (χ1v) is 16.8. The van der Waals surface area contributed by atoms with Gasteiger partial charge in [-0.2, -0.15) is 0 Å². The van der Waals surface area contributed by atoms with Crippen LogP contribution in [0.5, 0.6) is 0 Å². The number of hydrogen-bond donors (Lipinski definition) is 4. The highest BCUT2D eigenvalue weighted by atomic mass is 32.2. The van der Waals surface area contributed by atoms with E-state index in [2.05, 4.69) is 19.2 Å². The van der Waals surface area contributed by atoms with Gasteiger partial charge in [-0.3, -0.25) is 4.79 Å². The molecular weight excluding hydrogens is 520 g/mol. The summed E-state index contributed by atoms with van der Waals surface area (Å²) in [6.07, 6.45) is 6.84. The Hall–Kier alpha value is -0.780. The molecule has 39 heavy (non-hydrogen) atoms. The van der Waals surface area contributed by atoms with Gasteiger partial charge in [0.1, 0.15) is 10.1 Å². The van der Waals surface area contributed by atoms with E-state index < -0.39 is 16.0 Å². The summed E-state index contributed by atoms with van der Waals surface area (Å²) in [5, 5.41) is 36.0. The minimum absolute atomic E-state index is 0.0245. The van der Waals surface area contributed by atoms with Gasteiger partial charge in [-0.1, -0.05) is 13.8 Å². The maximum Gasteiger partial charge on any atom is 0.220 e. The summed E-state index contributed by atoms with van der Waals surface area (Å²) in [7, 11) is -0.911. The van der Waals surface area contributed by atoms with Crippen LogP contribution in [0.1, 0.15) is 78.1 Å². The molecule has 226 valence electrons. The number of hydrogen-bond acceptors (Lipinski definition) is 7. The van der Waals surface area contributed by atoms with Crippen molar-refractivity contribution in [2.75, 3.05) is 33.1 Å². The number of quaternary nitrogens is 1. The minimum Gasteiger partial charge on any atom is -0.744 e. The van der Waals surface area contributed by atoms with Crippen molar-refractivity contribution in [3.8, 4) is 0 Å². The maximum atomic E-state index is 12.5. The Balaban J connectivity index is 1.28. The van der Waals surface area contributed by atoms with E-state index in [0.29, 0.717) is 55.5 Å². The van der Waals surface area contributed by atoms with E-state index in [1.807, 2.05) is 0 Å². The lowest BCUT2D eigenvalue weighted by atomic mass is 9.45. The molecule has 0 aliphatic heterocycles. The highest BCUT2D eigenvalue weighted by Crippen LogP contribution is 2.64. The molecule has 1 amide bonds. The Morgan fingerprint density at radius 3 is 2.46 bits per heavy atom. The number of carbonyl (C=O) groups is 1. The number of amides is 1. The number of fused-ring (bicyclic) bond motifs is 5. The summed E-state index contributed by atoms with van der Waals surface area (Å²) in [4.78, 5) is 12.5. The van der Waals surface area contributed by atoms with Crippen LogP contribution in [0.15, 0.2) is 0 Å². The molecule has 4 rings (SSSR count). The van der Waals surface area contributed by atoms with Crippen LogP contribution in [-0.2, 0) is 14.9 Å². The zero-order valence-corrected chi connectivity index (χ0v) is 25.1. The smallest absolute Gasteiger partial charge is 0.220 e. The quantitative estimate of drug-likeness (QED) is 0.178. The molecule has 0 radical (unpaired) electrons. The molecule has 11 atom stereocenters. The minimum atomic E-state index is -4.30. The van der Waals surface area contributed by atoms with Gasteiger partial charge in [0.15, 0.2) is 5.88 Å². The van der Waals surface area contributed by atoms with Gasteiger partial charge in [-0.05, 0) is 98.2 Å². The van der Waals surface area contributed by atoms with E-state index in [4.69, 9.17) is 0 Å². The van der Waals surface area contributed by atoms with Crippen LogP contribution in [-0.4, -0.2) is 90.1 Å². The van der Waals surface area contributed by atoms with Gasteiger partial charge < -0.3 is 29.7 Å². The van der Waals surface area contributed by atoms with Gasteiger partial charge in [-0.15, -0.1) is 0 Å². The lowest BCUT2D eigenvalue weighted by Gasteiger charge is -2.61. The Labute approximate surface area is 235 Å². The first kappa shape index (κ1) is 31.2. The largest absolute Gasteiger partial charge is 0.744 e. The number of carbonyl (C=O) groups excluding carboxylic acids is 1. The van der Waals surface area contributed by atoms with Crippen molar-refractivity contribution < 1.29 is 37.6 Å². The molecule has 0 saturated heterocycles. The van der Waals surface area contributed by atoms with Gasteiger partial charge >= 0.3 is 0 Å². The molecule has 4 N–H and O–H groups in total. The van der Waals surface area contributed by atoms with Crippen molar-refractivity contribution in [1.29, 1.82) is 0 Å². The molecule has 9 nitrogen and oxygen atoms in total. The number of nitrogens with zero attached hydrogens (tertiary/aromatic N) is 1. The van der Waals surface area contributed by atoms with Crippen molar-refractivity contribution in [3.05, 3.63) is 0 Å². The fourth-order valence-electron chi connectivity index (χ4n) is 9.49. The van der Waals surface area contributed by atoms with Crippen LogP contribution >= 0.6 is 0 Å². The summed E-state index contributed by atoms with van der Waals surface area (Å²) in [6, 6.07) is 0. The first-order valence-electron chi connectivity index (χ1n) is 15.2. The lowest BCUT2D eigenvalue weighted by molar-refractivity contribution is -0.878. The van der Waals surface area contributed by atoms with Crippen LogP contribution in [0.25, 0.3) is 0 Å². The van der Waals surface area contributed by atoms with Crippen LogP contribution < -0.4 is 5.32 Å². The van der Waals surface area contributed by atoms with E-state index >= 15 is 0 Å². The number of aliphatic hydroxyl groups is 3. The standard InChI is InChI=1S/C29H52N2O7S/c1-18(6-9-26(35)30-12-5-13-31(3,4)17-39(36,37)38)21-7-8-22-27(21)25(34)16-23-28(22)24(33)15-19-14-20(32)10-11-29(19,23)2/h18-25,27-28,32-34H,5-17H2,1-4H3,(H-,30,35,36,37,38). The average molecular weight is 573 g/mol. The van der Waals surface area contributed by atoms with Crippen molar-refractivity contribution >= 4 is 16.0 Å². The second kappa shape index (κ2) is 11.8. The molecular formula is C29H52N2O7S. The fourth-order valence-corrected chi connectivity index (χ4v) is 10.5. The molecule has 4 aliphatic rings. The summed E-state index contributed by atoms with van der Waals surface area (Å²) in [5.41, 5.74) is 0.0776. The molecule has 0 bridgehead atoms. The predicted molar refractivity (Wildman–Crippen MR) is 147 cm³/mol. The average Bonchev–Trinajstić information content (AvgIpc) is 3.26. The second-order valence-corrected chi connectivity index (χ2v) is 15.8. The molecule has 0 aromatic carbocycles. The highest BCUT2D eigenvalue weighted by molar-refractivity contribution is 7.85. The van der Waals surface area contributed by atoms with Gasteiger partial charge in [-0.25, -0.2) is 8.42 Å². The third-order valence-electron chi connectivity index (χ3n) is 11.4. The number of aliphatic hydroxyl groups excluding tert-OH is 3. The van der Waals surface area contributed by atoms with Gasteiger partial charge in [0.05, 0.1) is 39.0 Å². The van der Waals surface area contributed by atoms with Gasteiger partial charge in [0, 0.05) is 19.4 Å². The Morgan fingerprint density at radius 1 is 1.08 bits per heavy atom. The van der Waals surface area contributed by atoms with Crippen LogP contribution in [0.3, 0.4) is 0 Å². The fraction of sp³-hybridized carbons (Fsp3) is 0.966. The Bertz CT molecular complexity index is 975. The zero-order chi connectivity index (χ0) is 28.8. The summed E-state index contributed by atoms with van der Waals surface area (Å²) < 4.78 is 33.2. The SMILES string of the molecule is CC(CCC(=O)NCCC[N+](C)(C)CS(=O)(=O)[O-])C1CCC2C1C(O)CC1C2C(O)CC2CC(O)CCC21C. The monoisotopic (exact) mass is 572 g/mol. The van der Waals surface area contributed by atoms with Crippen molar-refractivity contribution in [2.24, 2.45) is 46.8 Å². The van der Waals surface area contributed by atoms with E-state index in [9.17, 15) is 33.1 Å². The first-order chi connectivity index (χ1) is 18.1. The molecule has 0 aromatic rings. The van der Waals surface area contributed by atoms with Crippen molar-refractivity contribution in [3.63, 3.8) is 0 Å². The number of nitrogens with one attached hydrogen (secondary N) is 1. The van der Waals surface area contributed by atoms with E-state index in [0.717, 1.165) is 51.4 Å². The summed E-state index contributed by atoms with van der Waals surface area (Å²) >= 11 is 0. The molecule has 0 heterocycles. The molecule has 4 fully saturated rings. The zero-order valence-electron chi connectivity index (χ0n) is 24.3. The van der Waals surface area contributed by atoms with Crippen molar-refractivity contribution in [2.45, 2.75) is 96.4 Å². The van der Waals surface area contributed by atoms with Crippen molar-refractivity contribution in [1.82, 2.24) is 5.32 Å². The topological polar surface area (TPSA) is 147 Å². The van der Waals surface area contributed by atoms with Crippen LogP contribution in [0, 0.1) is 46.8 Å². The van der Waals surface area contributed by atoms with E-state index in [1.165, 1.54) is 0 Å². The molecule has 0 spiro atoms. The molecule has 4 saturated carbocycles. The molecule has 10 heteroatoms.